The van der Waals surface area contributed by atoms with Crippen molar-refractivity contribution in [2.24, 2.45) is 11.1 Å². The van der Waals surface area contributed by atoms with Crippen LogP contribution in [0.25, 0.3) is 0 Å². The molecule has 12 heavy (non-hydrogen) atoms. The number of anilines is 1. The van der Waals surface area contributed by atoms with Gasteiger partial charge in [0.1, 0.15) is 0 Å². The Labute approximate surface area is 70.9 Å². The normalized spacial score (nSPS) is 9.50. The van der Waals surface area contributed by atoms with Gasteiger partial charge >= 0.3 is 0 Å². The summed E-state index contributed by atoms with van der Waals surface area (Å²) in [5.41, 5.74) is 1.68. The maximum Gasteiger partial charge on any atom is 0.0841 e. The van der Waals surface area contributed by atoms with E-state index in [0.29, 0.717) is 5.69 Å². The Hall–Kier alpha value is -1.42. The number of nitroso groups, excluding NO2 is 1. The van der Waals surface area contributed by atoms with E-state index in [9.17, 15) is 4.91 Å². The van der Waals surface area contributed by atoms with Crippen molar-refractivity contribution in [1.82, 2.24) is 0 Å². The highest BCUT2D eigenvalue weighted by Crippen LogP contribution is 2.17. The van der Waals surface area contributed by atoms with E-state index in [0.717, 1.165) is 17.1 Å². The summed E-state index contributed by atoms with van der Waals surface area (Å²) in [5, 5.41) is 3.47. The third kappa shape index (κ3) is 1.60. The van der Waals surface area contributed by atoms with Crippen molar-refractivity contribution in [2.75, 3.05) is 5.12 Å². The van der Waals surface area contributed by atoms with Crippen LogP contribution in [0.2, 0.25) is 0 Å². The Bertz CT molecular complexity index is 275. The summed E-state index contributed by atoms with van der Waals surface area (Å²) in [6.45, 7) is 2.00. The van der Waals surface area contributed by atoms with E-state index < -0.39 is 0 Å². The van der Waals surface area contributed by atoms with Gasteiger partial charge in [-0.2, -0.15) is 5.12 Å². The standard InChI is InChI=1S/C8H11N3O/c1-2-7-5-3-4-6-8(7)11(9)10-12/h3-6H,2,9H2,1H3. The first-order chi connectivity index (χ1) is 5.79. The molecule has 0 unspecified atom stereocenters. The third-order valence-corrected chi connectivity index (χ3v) is 1.71. The molecular weight excluding hydrogens is 154 g/mol. The maximum atomic E-state index is 10.1. The average Bonchev–Trinajstić information content (AvgIpc) is 2.16. The van der Waals surface area contributed by atoms with E-state index in [1.54, 1.807) is 6.07 Å². The van der Waals surface area contributed by atoms with Crippen molar-refractivity contribution in [3.8, 4) is 0 Å². The minimum absolute atomic E-state index is 0.662. The van der Waals surface area contributed by atoms with Gasteiger partial charge in [0.2, 0.25) is 0 Å². The summed E-state index contributed by atoms with van der Waals surface area (Å²) in [5.74, 6) is 5.32. The summed E-state index contributed by atoms with van der Waals surface area (Å²) >= 11 is 0. The topological polar surface area (TPSA) is 58.7 Å². The van der Waals surface area contributed by atoms with Crippen molar-refractivity contribution in [3.63, 3.8) is 0 Å². The van der Waals surface area contributed by atoms with E-state index in [1.165, 1.54) is 0 Å². The van der Waals surface area contributed by atoms with Crippen LogP contribution in [0, 0.1) is 4.91 Å². The molecule has 0 saturated heterocycles. The number of rotatable bonds is 3. The monoisotopic (exact) mass is 165 g/mol. The average molecular weight is 165 g/mol. The van der Waals surface area contributed by atoms with E-state index in [4.69, 9.17) is 5.84 Å². The van der Waals surface area contributed by atoms with Gasteiger partial charge in [0.15, 0.2) is 0 Å². The molecule has 0 aliphatic rings. The smallest absolute Gasteiger partial charge is 0.0841 e. The van der Waals surface area contributed by atoms with Crippen molar-refractivity contribution < 1.29 is 0 Å². The molecular formula is C8H11N3O. The lowest BCUT2D eigenvalue weighted by molar-refractivity contribution is 0.900. The van der Waals surface area contributed by atoms with Crippen LogP contribution in [0.3, 0.4) is 0 Å². The molecule has 0 atom stereocenters. The van der Waals surface area contributed by atoms with Gasteiger partial charge < -0.3 is 0 Å². The molecule has 1 aromatic rings. The fourth-order valence-corrected chi connectivity index (χ4v) is 1.08. The van der Waals surface area contributed by atoms with Crippen molar-refractivity contribution in [3.05, 3.63) is 34.7 Å². The molecule has 4 heteroatoms. The summed E-state index contributed by atoms with van der Waals surface area (Å²) in [7, 11) is 0. The van der Waals surface area contributed by atoms with Crippen LogP contribution >= 0.6 is 0 Å². The molecule has 0 amide bonds. The molecule has 0 aliphatic carbocycles. The van der Waals surface area contributed by atoms with Crippen LogP contribution in [0.4, 0.5) is 5.69 Å². The van der Waals surface area contributed by atoms with Gasteiger partial charge in [0, 0.05) is 0 Å². The zero-order valence-corrected chi connectivity index (χ0v) is 6.90. The SMILES string of the molecule is CCc1ccccc1N(N)N=O. The van der Waals surface area contributed by atoms with Gasteiger partial charge in [0.25, 0.3) is 0 Å². The van der Waals surface area contributed by atoms with Gasteiger partial charge in [-0.1, -0.05) is 25.1 Å². The first-order valence-electron chi connectivity index (χ1n) is 3.75. The molecule has 0 bridgehead atoms. The Morgan fingerprint density at radius 1 is 1.50 bits per heavy atom. The van der Waals surface area contributed by atoms with Crippen molar-refractivity contribution >= 4 is 5.69 Å². The summed E-state index contributed by atoms with van der Waals surface area (Å²) in [6, 6.07) is 7.40. The number of para-hydroxylation sites is 1. The number of nitrogens with two attached hydrogens (primary N) is 1. The first-order valence-corrected chi connectivity index (χ1v) is 3.75. The second kappa shape index (κ2) is 3.82. The van der Waals surface area contributed by atoms with Crippen LogP contribution in [0.5, 0.6) is 0 Å². The lowest BCUT2D eigenvalue weighted by Gasteiger charge is -2.11. The minimum Gasteiger partial charge on any atom is -0.224 e. The number of aryl methyl sites for hydroxylation is 1. The third-order valence-electron chi connectivity index (χ3n) is 1.71. The van der Waals surface area contributed by atoms with Crippen molar-refractivity contribution in [1.29, 1.82) is 0 Å². The summed E-state index contributed by atoms with van der Waals surface area (Å²) in [4.78, 5) is 10.1. The first kappa shape index (κ1) is 8.67. The molecule has 0 aliphatic heterocycles. The fourth-order valence-electron chi connectivity index (χ4n) is 1.08. The molecule has 0 heterocycles. The van der Waals surface area contributed by atoms with Gasteiger partial charge in [-0.15, -0.1) is 4.91 Å². The molecule has 1 rings (SSSR count). The fraction of sp³-hybridized carbons (Fsp3) is 0.250. The van der Waals surface area contributed by atoms with Gasteiger partial charge in [-0.25, -0.2) is 5.84 Å². The van der Waals surface area contributed by atoms with Crippen LogP contribution in [-0.2, 0) is 6.42 Å². The highest BCUT2D eigenvalue weighted by molar-refractivity contribution is 5.51. The minimum atomic E-state index is 0.662. The predicted octanol–water partition coefficient (Wildman–Crippen LogP) is 1.61. The second-order valence-electron chi connectivity index (χ2n) is 2.41. The number of hydrazine groups is 1. The highest BCUT2D eigenvalue weighted by Gasteiger charge is 2.04. The number of hydrogen-bond donors (Lipinski definition) is 1. The summed E-state index contributed by atoms with van der Waals surface area (Å²) in [6.07, 6.45) is 0.833. The summed E-state index contributed by atoms with van der Waals surface area (Å²) < 4.78 is 0. The molecule has 0 aromatic heterocycles. The van der Waals surface area contributed by atoms with Gasteiger partial charge in [0.05, 0.1) is 11.0 Å². The Morgan fingerprint density at radius 3 is 2.75 bits per heavy atom. The van der Waals surface area contributed by atoms with Crippen LogP contribution < -0.4 is 11.0 Å². The number of hydrogen-bond acceptors (Lipinski definition) is 3. The highest BCUT2D eigenvalue weighted by atomic mass is 16.3. The van der Waals surface area contributed by atoms with E-state index in [2.05, 4.69) is 5.29 Å². The quantitative estimate of drug-likeness (QED) is 0.420. The Morgan fingerprint density at radius 2 is 2.17 bits per heavy atom. The van der Waals surface area contributed by atoms with Crippen molar-refractivity contribution in [2.45, 2.75) is 13.3 Å². The van der Waals surface area contributed by atoms with E-state index in [-0.39, 0.29) is 0 Å². The zero-order valence-electron chi connectivity index (χ0n) is 6.90. The van der Waals surface area contributed by atoms with E-state index in [1.807, 2.05) is 25.1 Å². The molecule has 0 fully saturated rings. The molecule has 0 spiro atoms. The van der Waals surface area contributed by atoms with Gasteiger partial charge in [-0.05, 0) is 18.1 Å². The Balaban J connectivity index is 3.04. The largest absolute Gasteiger partial charge is 0.224 e. The molecule has 64 valence electrons. The van der Waals surface area contributed by atoms with Crippen LogP contribution in [0.15, 0.2) is 29.6 Å². The number of benzene rings is 1. The Kier molecular flexibility index (Phi) is 2.76. The van der Waals surface area contributed by atoms with Crippen LogP contribution in [0.1, 0.15) is 12.5 Å². The predicted molar refractivity (Wildman–Crippen MR) is 48.3 cm³/mol. The molecule has 0 saturated carbocycles. The molecule has 4 nitrogen and oxygen atoms in total. The molecule has 2 N–H and O–H groups in total. The van der Waals surface area contributed by atoms with Gasteiger partial charge in [-0.3, -0.25) is 0 Å². The lowest BCUT2D eigenvalue weighted by atomic mass is 10.1. The second-order valence-corrected chi connectivity index (χ2v) is 2.41. The lowest BCUT2D eigenvalue weighted by Crippen LogP contribution is -2.24. The molecule has 0 radical (unpaired) electrons. The molecule has 1 aromatic carbocycles. The van der Waals surface area contributed by atoms with E-state index >= 15 is 0 Å². The zero-order chi connectivity index (χ0) is 8.97. The van der Waals surface area contributed by atoms with Crippen LogP contribution in [-0.4, -0.2) is 0 Å². The maximum absolute atomic E-state index is 10.1. The number of nitrogens with zero attached hydrogens (tertiary/aromatic N) is 2.